The summed E-state index contributed by atoms with van der Waals surface area (Å²) in [5, 5.41) is 11.5. The third kappa shape index (κ3) is 4.91. The van der Waals surface area contributed by atoms with Gasteiger partial charge in [0.05, 0.1) is 17.3 Å². The number of hydrogen-bond acceptors (Lipinski definition) is 6. The molecule has 3 heterocycles. The number of carbonyl (C=O) groups is 3. The van der Waals surface area contributed by atoms with Gasteiger partial charge >= 0.3 is 6.03 Å². The van der Waals surface area contributed by atoms with Crippen molar-refractivity contribution < 1.29 is 19.1 Å². The van der Waals surface area contributed by atoms with Crippen LogP contribution >= 0.6 is 0 Å². The second-order valence-corrected chi connectivity index (χ2v) is 8.88. The molecule has 0 spiro atoms. The summed E-state index contributed by atoms with van der Waals surface area (Å²) in [5.41, 5.74) is 4.79. The van der Waals surface area contributed by atoms with Gasteiger partial charge in [-0.1, -0.05) is 18.2 Å². The minimum atomic E-state index is -0.808. The smallest absolute Gasteiger partial charge is 0.335 e. The number of benzene rings is 2. The summed E-state index contributed by atoms with van der Waals surface area (Å²) in [6.07, 6.45) is 4.43. The Morgan fingerprint density at radius 2 is 1.69 bits per heavy atom. The molecule has 2 aromatic heterocycles. The fourth-order valence-electron chi connectivity index (χ4n) is 4.48. The van der Waals surface area contributed by atoms with Crippen LogP contribution in [-0.2, 0) is 16.2 Å². The van der Waals surface area contributed by atoms with Crippen molar-refractivity contribution >= 4 is 29.6 Å². The first-order valence-corrected chi connectivity index (χ1v) is 12.1. The van der Waals surface area contributed by atoms with E-state index in [1.54, 1.807) is 6.07 Å². The number of urea groups is 1. The molecule has 0 bridgehead atoms. The number of pyridine rings is 1. The van der Waals surface area contributed by atoms with Gasteiger partial charge in [-0.15, -0.1) is 0 Å². The Bertz CT molecular complexity index is 1660. The highest BCUT2D eigenvalue weighted by atomic mass is 16.5. The summed E-state index contributed by atoms with van der Waals surface area (Å²) in [7, 11) is 0. The van der Waals surface area contributed by atoms with Crippen LogP contribution in [0.2, 0.25) is 0 Å². The van der Waals surface area contributed by atoms with Crippen molar-refractivity contribution in [2.75, 3.05) is 4.90 Å². The molecule has 0 unspecified atom stereocenters. The number of barbiturate groups is 1. The van der Waals surface area contributed by atoms with Gasteiger partial charge in [0, 0.05) is 35.0 Å². The molecular formula is C30H23N5O4. The lowest BCUT2D eigenvalue weighted by Crippen LogP contribution is -2.54. The van der Waals surface area contributed by atoms with Crippen molar-refractivity contribution in [2.24, 2.45) is 0 Å². The molecule has 0 saturated carbocycles. The highest BCUT2D eigenvalue weighted by molar-refractivity contribution is 6.39. The Morgan fingerprint density at radius 1 is 0.974 bits per heavy atom. The second kappa shape index (κ2) is 10.5. The largest absolute Gasteiger partial charge is 0.489 e. The quantitative estimate of drug-likeness (QED) is 0.295. The third-order valence-electron chi connectivity index (χ3n) is 6.42. The molecule has 9 nitrogen and oxygen atoms in total. The van der Waals surface area contributed by atoms with E-state index >= 15 is 0 Å². The number of anilines is 1. The summed E-state index contributed by atoms with van der Waals surface area (Å²) in [6.45, 7) is 4.09. The number of carbonyl (C=O) groups excluding carboxylic acids is 3. The molecule has 1 aliphatic rings. The lowest BCUT2D eigenvalue weighted by atomic mass is 10.1. The molecule has 4 aromatic rings. The Kier molecular flexibility index (Phi) is 6.76. The van der Waals surface area contributed by atoms with Gasteiger partial charge in [0.15, 0.2) is 0 Å². The van der Waals surface area contributed by atoms with E-state index in [4.69, 9.17) is 4.74 Å². The first kappa shape index (κ1) is 25.2. The molecule has 39 heavy (non-hydrogen) atoms. The van der Waals surface area contributed by atoms with E-state index in [-0.39, 0.29) is 12.2 Å². The molecule has 1 fully saturated rings. The van der Waals surface area contributed by atoms with Gasteiger partial charge in [-0.3, -0.25) is 19.9 Å². The van der Waals surface area contributed by atoms with Gasteiger partial charge in [0.1, 0.15) is 17.9 Å². The number of ether oxygens (including phenoxy) is 1. The number of nitriles is 1. The lowest BCUT2D eigenvalue weighted by molar-refractivity contribution is -0.122. The molecule has 0 radical (unpaired) electrons. The van der Waals surface area contributed by atoms with Crippen LogP contribution in [0.15, 0.2) is 84.7 Å². The number of rotatable bonds is 6. The molecule has 1 N–H and O–H groups in total. The van der Waals surface area contributed by atoms with E-state index in [1.165, 1.54) is 30.6 Å². The molecule has 2 aromatic carbocycles. The molecule has 0 atom stereocenters. The minimum absolute atomic E-state index is 0.145. The van der Waals surface area contributed by atoms with Gasteiger partial charge in [-0.25, -0.2) is 9.69 Å². The Morgan fingerprint density at radius 3 is 2.41 bits per heavy atom. The van der Waals surface area contributed by atoms with Crippen molar-refractivity contribution in [3.8, 4) is 17.5 Å². The Labute approximate surface area is 224 Å². The third-order valence-corrected chi connectivity index (χ3v) is 6.42. The average Bonchev–Trinajstić information content (AvgIpc) is 3.23. The van der Waals surface area contributed by atoms with Crippen LogP contribution in [0, 0.1) is 25.2 Å². The lowest BCUT2D eigenvalue weighted by Gasteiger charge is -2.26. The normalized spacial score (nSPS) is 14.3. The number of aromatic nitrogens is 2. The van der Waals surface area contributed by atoms with Gasteiger partial charge < -0.3 is 9.30 Å². The van der Waals surface area contributed by atoms with Crippen LogP contribution in [-0.4, -0.2) is 27.4 Å². The van der Waals surface area contributed by atoms with Crippen molar-refractivity contribution in [1.29, 1.82) is 5.26 Å². The van der Waals surface area contributed by atoms with Crippen LogP contribution in [0.3, 0.4) is 0 Å². The monoisotopic (exact) mass is 517 g/mol. The maximum Gasteiger partial charge on any atom is 0.335 e. The van der Waals surface area contributed by atoms with E-state index < -0.39 is 17.8 Å². The predicted octanol–water partition coefficient (Wildman–Crippen LogP) is 4.61. The van der Waals surface area contributed by atoms with Crippen molar-refractivity contribution in [3.63, 3.8) is 0 Å². The van der Waals surface area contributed by atoms with E-state index in [0.717, 1.165) is 27.5 Å². The molecule has 1 aliphatic heterocycles. The minimum Gasteiger partial charge on any atom is -0.489 e. The highest BCUT2D eigenvalue weighted by Crippen LogP contribution is 2.27. The molecule has 5 rings (SSSR count). The standard InChI is InChI=1S/C30H23N5O4/c1-19-15-23(16-27-28(36)33-30(38)35(29(27)37)25-11-13-32-14-12-25)20(2)34(19)24-7-9-26(10-8-24)39-18-22-6-4-3-5-21(22)17-31/h3-16H,18H2,1-2H3,(H,33,36,38)/b27-16+. The zero-order valence-electron chi connectivity index (χ0n) is 21.2. The zero-order chi connectivity index (χ0) is 27.5. The van der Waals surface area contributed by atoms with Crippen LogP contribution in [0.25, 0.3) is 11.8 Å². The second-order valence-electron chi connectivity index (χ2n) is 8.88. The van der Waals surface area contributed by atoms with Gasteiger partial charge in [-0.05, 0) is 74.0 Å². The summed E-state index contributed by atoms with van der Waals surface area (Å²) in [4.78, 5) is 43.0. The SMILES string of the molecule is Cc1cc(/C=C2\C(=O)NC(=O)N(c3ccncc3)C2=O)c(C)n1-c1ccc(OCc2ccccc2C#N)cc1. The topological polar surface area (TPSA) is 117 Å². The fourth-order valence-corrected chi connectivity index (χ4v) is 4.48. The number of nitrogens with one attached hydrogen (secondary N) is 1. The van der Waals surface area contributed by atoms with Crippen LogP contribution in [0.4, 0.5) is 10.5 Å². The molecular weight excluding hydrogens is 494 g/mol. The number of nitrogens with zero attached hydrogens (tertiary/aromatic N) is 4. The predicted molar refractivity (Wildman–Crippen MR) is 144 cm³/mol. The van der Waals surface area contributed by atoms with Gasteiger partial charge in [0.25, 0.3) is 11.8 Å². The molecule has 192 valence electrons. The fraction of sp³-hybridized carbons (Fsp3) is 0.100. The summed E-state index contributed by atoms with van der Waals surface area (Å²) in [6, 6.07) is 21.1. The maximum absolute atomic E-state index is 13.2. The van der Waals surface area contributed by atoms with E-state index in [2.05, 4.69) is 16.4 Å². The molecule has 0 aliphatic carbocycles. The number of hydrogen-bond donors (Lipinski definition) is 1. The van der Waals surface area contributed by atoms with Crippen molar-refractivity contribution in [1.82, 2.24) is 14.9 Å². The zero-order valence-corrected chi connectivity index (χ0v) is 21.2. The first-order chi connectivity index (χ1) is 18.9. The Hall–Kier alpha value is -5.49. The van der Waals surface area contributed by atoms with Crippen LogP contribution in [0.1, 0.15) is 28.1 Å². The van der Waals surface area contributed by atoms with E-state index in [1.807, 2.05) is 66.9 Å². The summed E-state index contributed by atoms with van der Waals surface area (Å²) < 4.78 is 7.88. The summed E-state index contributed by atoms with van der Waals surface area (Å²) in [5.74, 6) is -0.805. The van der Waals surface area contributed by atoms with Gasteiger partial charge in [0.2, 0.25) is 0 Å². The van der Waals surface area contributed by atoms with Crippen molar-refractivity contribution in [2.45, 2.75) is 20.5 Å². The number of imide groups is 2. The maximum atomic E-state index is 13.2. The average molecular weight is 518 g/mol. The Balaban J connectivity index is 1.39. The summed E-state index contributed by atoms with van der Waals surface area (Å²) >= 11 is 0. The molecule has 4 amide bonds. The first-order valence-electron chi connectivity index (χ1n) is 12.1. The van der Waals surface area contributed by atoms with Crippen molar-refractivity contribution in [3.05, 3.63) is 113 Å². The van der Waals surface area contributed by atoms with Gasteiger partial charge in [-0.2, -0.15) is 5.26 Å². The molecule has 1 saturated heterocycles. The van der Waals surface area contributed by atoms with E-state index in [0.29, 0.717) is 22.6 Å². The van der Waals surface area contributed by atoms with Crippen LogP contribution < -0.4 is 15.0 Å². The highest BCUT2D eigenvalue weighted by Gasteiger charge is 2.37. The van der Waals surface area contributed by atoms with E-state index in [9.17, 15) is 19.6 Å². The number of aryl methyl sites for hydroxylation is 1. The van der Waals surface area contributed by atoms with Crippen LogP contribution in [0.5, 0.6) is 5.75 Å². The molecule has 9 heteroatoms. The number of amides is 4.